The van der Waals surface area contributed by atoms with E-state index in [0.717, 1.165) is 41.2 Å². The first-order chi connectivity index (χ1) is 14.3. The van der Waals surface area contributed by atoms with Crippen molar-refractivity contribution in [3.63, 3.8) is 0 Å². The highest BCUT2D eigenvalue weighted by Gasteiger charge is 2.43. The smallest absolute Gasteiger partial charge is 0.282 e. The largest absolute Gasteiger partial charge is 0.364 e. The van der Waals surface area contributed by atoms with Gasteiger partial charge in [0, 0.05) is 32.2 Å². The third kappa shape index (κ3) is 3.39. The summed E-state index contributed by atoms with van der Waals surface area (Å²) in [5.74, 6) is -3.16. The molecule has 2 amide bonds. The first-order valence-corrected chi connectivity index (χ1v) is 9.87. The second-order valence-corrected chi connectivity index (χ2v) is 7.88. The molecule has 2 aliphatic rings. The van der Waals surface area contributed by atoms with Crippen LogP contribution in [0.25, 0.3) is 5.57 Å². The fourth-order valence-electron chi connectivity index (χ4n) is 4.04. The molecule has 0 radical (unpaired) electrons. The van der Waals surface area contributed by atoms with Crippen LogP contribution in [0.5, 0.6) is 0 Å². The van der Waals surface area contributed by atoms with Crippen molar-refractivity contribution < 1.29 is 18.4 Å². The molecule has 0 saturated carbocycles. The summed E-state index contributed by atoms with van der Waals surface area (Å²) in [5, 5.41) is 0. The van der Waals surface area contributed by atoms with Crippen LogP contribution in [0.1, 0.15) is 16.7 Å². The van der Waals surface area contributed by atoms with Crippen LogP contribution >= 0.6 is 0 Å². The van der Waals surface area contributed by atoms with E-state index in [1.807, 2.05) is 44.0 Å². The van der Waals surface area contributed by atoms with Gasteiger partial charge < -0.3 is 9.80 Å². The minimum Gasteiger partial charge on any atom is -0.364 e. The summed E-state index contributed by atoms with van der Waals surface area (Å²) in [6.45, 7) is 6.58. The van der Waals surface area contributed by atoms with Gasteiger partial charge in [0.25, 0.3) is 11.8 Å². The fourth-order valence-corrected chi connectivity index (χ4v) is 4.04. The molecule has 1 saturated heterocycles. The second kappa shape index (κ2) is 7.65. The van der Waals surface area contributed by atoms with Crippen molar-refractivity contribution in [2.75, 3.05) is 38.1 Å². The number of hydrogen-bond acceptors (Lipinski definition) is 4. The summed E-state index contributed by atoms with van der Waals surface area (Å²) >= 11 is 0. The predicted octanol–water partition coefficient (Wildman–Crippen LogP) is 3.11. The Bertz CT molecular complexity index is 1070. The third-order valence-corrected chi connectivity index (χ3v) is 5.69. The number of benzene rings is 2. The molecule has 2 heterocycles. The number of imide groups is 1. The molecule has 0 atom stereocenters. The Kier molecular flexibility index (Phi) is 5.15. The van der Waals surface area contributed by atoms with E-state index in [-0.39, 0.29) is 5.69 Å². The second-order valence-electron chi connectivity index (χ2n) is 7.88. The molecule has 2 aromatic rings. The number of rotatable bonds is 3. The fraction of sp³-hybridized carbons (Fsp3) is 0.304. The quantitative estimate of drug-likeness (QED) is 0.728. The summed E-state index contributed by atoms with van der Waals surface area (Å²) in [7, 11) is 2.01. The van der Waals surface area contributed by atoms with Gasteiger partial charge in [0.2, 0.25) is 0 Å². The van der Waals surface area contributed by atoms with Gasteiger partial charge in [0.1, 0.15) is 5.70 Å². The Labute approximate surface area is 174 Å². The summed E-state index contributed by atoms with van der Waals surface area (Å²) in [6, 6.07) is 8.77. The molecule has 0 N–H and O–H groups in total. The molecule has 5 nitrogen and oxygen atoms in total. The third-order valence-electron chi connectivity index (χ3n) is 5.69. The summed E-state index contributed by atoms with van der Waals surface area (Å²) < 4.78 is 27.3. The first-order valence-electron chi connectivity index (χ1n) is 9.87. The van der Waals surface area contributed by atoms with Gasteiger partial charge in [-0.25, -0.2) is 13.7 Å². The lowest BCUT2D eigenvalue weighted by molar-refractivity contribution is -0.120. The molecule has 7 heteroatoms. The average Bonchev–Trinajstić information content (AvgIpc) is 2.95. The number of carbonyl (C=O) groups is 2. The topological polar surface area (TPSA) is 43.9 Å². The number of likely N-dealkylation sites (N-methyl/N-ethyl adjacent to an activating group) is 1. The molecular formula is C23H23F2N3O2. The molecule has 0 aromatic heterocycles. The van der Waals surface area contributed by atoms with E-state index in [1.54, 1.807) is 0 Å². The van der Waals surface area contributed by atoms with Gasteiger partial charge in [0.05, 0.1) is 11.3 Å². The molecule has 30 heavy (non-hydrogen) atoms. The number of anilines is 1. The Morgan fingerprint density at radius 2 is 1.53 bits per heavy atom. The number of halogens is 2. The van der Waals surface area contributed by atoms with Gasteiger partial charge in [-0.1, -0.05) is 23.8 Å². The van der Waals surface area contributed by atoms with Gasteiger partial charge in [-0.3, -0.25) is 9.59 Å². The molecule has 0 aliphatic carbocycles. The van der Waals surface area contributed by atoms with Gasteiger partial charge in [0.15, 0.2) is 11.6 Å². The van der Waals surface area contributed by atoms with Crippen LogP contribution in [0.2, 0.25) is 0 Å². The van der Waals surface area contributed by atoms with Gasteiger partial charge in [-0.2, -0.15) is 0 Å². The van der Waals surface area contributed by atoms with Crippen LogP contribution in [0.4, 0.5) is 14.5 Å². The maximum absolute atomic E-state index is 13.9. The van der Waals surface area contributed by atoms with E-state index in [4.69, 9.17) is 0 Å². The van der Waals surface area contributed by atoms with Crippen molar-refractivity contribution in [1.82, 2.24) is 9.80 Å². The Morgan fingerprint density at radius 3 is 2.17 bits per heavy atom. The number of amides is 2. The zero-order valence-electron chi connectivity index (χ0n) is 17.2. The molecule has 2 aliphatic heterocycles. The van der Waals surface area contributed by atoms with Crippen molar-refractivity contribution in [2.45, 2.75) is 13.8 Å². The SMILES string of the molecule is Cc1ccc(C2=C(N3CCN(C)CC3)C(=O)N(c3ccc(F)c(F)c3)C2=O)c(C)c1. The first kappa shape index (κ1) is 20.2. The molecule has 0 spiro atoms. The Morgan fingerprint density at radius 1 is 0.833 bits per heavy atom. The zero-order chi connectivity index (χ0) is 21.6. The van der Waals surface area contributed by atoms with E-state index in [0.29, 0.717) is 29.9 Å². The van der Waals surface area contributed by atoms with Crippen molar-refractivity contribution in [3.05, 3.63) is 70.4 Å². The number of aryl methyl sites for hydroxylation is 2. The molecule has 0 unspecified atom stereocenters. The van der Waals surface area contributed by atoms with E-state index >= 15 is 0 Å². The maximum Gasteiger partial charge on any atom is 0.282 e. The van der Waals surface area contributed by atoms with Crippen LogP contribution in [0, 0.1) is 25.5 Å². The number of piperazine rings is 1. The van der Waals surface area contributed by atoms with Crippen molar-refractivity contribution >= 4 is 23.1 Å². The summed E-state index contributed by atoms with van der Waals surface area (Å²) in [4.78, 5) is 31.9. The molecule has 2 aromatic carbocycles. The normalized spacial score (nSPS) is 18.0. The van der Waals surface area contributed by atoms with Crippen LogP contribution in [0.3, 0.4) is 0 Å². The zero-order valence-corrected chi connectivity index (χ0v) is 17.2. The highest BCUT2D eigenvalue weighted by atomic mass is 19.2. The standard InChI is InChI=1S/C23H23F2N3O2/c1-14-4-6-17(15(2)12-14)20-21(27-10-8-26(3)9-11-27)23(30)28(22(20)29)16-5-7-18(24)19(25)13-16/h4-7,12-13H,8-11H2,1-3H3. The minimum absolute atomic E-state index is 0.0234. The molecule has 4 rings (SSSR count). The molecule has 1 fully saturated rings. The average molecular weight is 411 g/mol. The van der Waals surface area contributed by atoms with E-state index in [2.05, 4.69) is 4.90 Å². The molecule has 0 bridgehead atoms. The monoisotopic (exact) mass is 411 g/mol. The maximum atomic E-state index is 13.9. The summed E-state index contributed by atoms with van der Waals surface area (Å²) in [5.41, 5.74) is 3.27. The van der Waals surface area contributed by atoms with Gasteiger partial charge in [-0.15, -0.1) is 0 Å². The van der Waals surface area contributed by atoms with Crippen LogP contribution in [-0.4, -0.2) is 54.8 Å². The number of hydrogen-bond donors (Lipinski definition) is 0. The lowest BCUT2D eigenvalue weighted by atomic mass is 9.97. The highest BCUT2D eigenvalue weighted by molar-refractivity contribution is 6.45. The Balaban J connectivity index is 1.85. The highest BCUT2D eigenvalue weighted by Crippen LogP contribution is 2.36. The van der Waals surface area contributed by atoms with E-state index < -0.39 is 23.4 Å². The van der Waals surface area contributed by atoms with Crippen LogP contribution in [-0.2, 0) is 9.59 Å². The van der Waals surface area contributed by atoms with Crippen LogP contribution in [0.15, 0.2) is 42.1 Å². The van der Waals surface area contributed by atoms with E-state index in [9.17, 15) is 18.4 Å². The Hall–Kier alpha value is -3.06. The van der Waals surface area contributed by atoms with Crippen LogP contribution < -0.4 is 4.90 Å². The van der Waals surface area contributed by atoms with Gasteiger partial charge in [-0.05, 0) is 44.2 Å². The van der Waals surface area contributed by atoms with E-state index in [1.165, 1.54) is 6.07 Å². The number of nitrogens with zero attached hydrogens (tertiary/aromatic N) is 3. The van der Waals surface area contributed by atoms with Crippen molar-refractivity contribution in [1.29, 1.82) is 0 Å². The van der Waals surface area contributed by atoms with Gasteiger partial charge >= 0.3 is 0 Å². The van der Waals surface area contributed by atoms with Crippen molar-refractivity contribution in [3.8, 4) is 0 Å². The minimum atomic E-state index is -1.10. The summed E-state index contributed by atoms with van der Waals surface area (Å²) in [6.07, 6.45) is 0. The van der Waals surface area contributed by atoms with Crippen molar-refractivity contribution in [2.24, 2.45) is 0 Å². The number of carbonyl (C=O) groups excluding carboxylic acids is 2. The lowest BCUT2D eigenvalue weighted by Crippen LogP contribution is -2.46. The predicted molar refractivity (Wildman–Crippen MR) is 111 cm³/mol. The molecule has 156 valence electrons. The lowest BCUT2D eigenvalue weighted by Gasteiger charge is -2.34. The molecular weight excluding hydrogens is 388 g/mol.